The van der Waals surface area contributed by atoms with Crippen molar-refractivity contribution in [2.24, 2.45) is 5.92 Å². The molecular weight excluding hydrogens is 296 g/mol. The van der Waals surface area contributed by atoms with Crippen molar-refractivity contribution >= 4 is 43.0 Å². The van der Waals surface area contributed by atoms with E-state index in [2.05, 4.69) is 10.3 Å². The number of aromatic nitrogens is 1. The van der Waals surface area contributed by atoms with Crippen molar-refractivity contribution in [2.75, 3.05) is 16.8 Å². The molecule has 0 spiro atoms. The summed E-state index contributed by atoms with van der Waals surface area (Å²) in [6.07, 6.45) is 0.413. The second kappa shape index (κ2) is 4.82. The van der Waals surface area contributed by atoms with Crippen LogP contribution in [-0.2, 0) is 14.6 Å². The van der Waals surface area contributed by atoms with Crippen molar-refractivity contribution < 1.29 is 13.2 Å². The molecular formula is C13H14N2O3S2. The molecule has 7 heteroatoms. The predicted molar refractivity (Wildman–Crippen MR) is 79.7 cm³/mol. The molecule has 1 saturated heterocycles. The third-order valence-electron chi connectivity index (χ3n) is 3.37. The molecule has 2 aromatic rings. The van der Waals surface area contributed by atoms with Gasteiger partial charge in [-0.25, -0.2) is 13.4 Å². The number of thiazole rings is 1. The first-order chi connectivity index (χ1) is 9.43. The molecule has 1 aromatic heterocycles. The first-order valence-corrected chi connectivity index (χ1v) is 8.95. The molecule has 5 nitrogen and oxygen atoms in total. The zero-order valence-corrected chi connectivity index (χ0v) is 12.6. The van der Waals surface area contributed by atoms with Crippen LogP contribution < -0.4 is 5.32 Å². The molecule has 0 saturated carbocycles. The van der Waals surface area contributed by atoms with E-state index < -0.39 is 15.8 Å². The fraction of sp³-hybridized carbons (Fsp3) is 0.385. The van der Waals surface area contributed by atoms with Gasteiger partial charge in [0, 0.05) is 5.69 Å². The minimum atomic E-state index is -3.03. The zero-order valence-electron chi connectivity index (χ0n) is 10.9. The van der Waals surface area contributed by atoms with Crippen LogP contribution in [0.4, 0.5) is 5.69 Å². The largest absolute Gasteiger partial charge is 0.326 e. The lowest BCUT2D eigenvalue weighted by Gasteiger charge is -2.09. The molecule has 2 heterocycles. The van der Waals surface area contributed by atoms with E-state index >= 15 is 0 Å². The number of aryl methyl sites for hydroxylation is 1. The van der Waals surface area contributed by atoms with Crippen molar-refractivity contribution in [1.82, 2.24) is 4.98 Å². The third-order valence-corrected chi connectivity index (χ3v) is 6.07. The topological polar surface area (TPSA) is 76.1 Å². The first-order valence-electron chi connectivity index (χ1n) is 6.31. The number of benzene rings is 1. The molecule has 3 rings (SSSR count). The van der Waals surface area contributed by atoms with Crippen molar-refractivity contribution in [3.8, 4) is 0 Å². The monoisotopic (exact) mass is 310 g/mol. The Balaban J connectivity index is 1.77. The van der Waals surface area contributed by atoms with Gasteiger partial charge in [0.1, 0.15) is 0 Å². The Labute approximate surface area is 120 Å². The number of sulfone groups is 1. The van der Waals surface area contributed by atoms with Gasteiger partial charge in [-0.2, -0.15) is 0 Å². The number of rotatable bonds is 2. The minimum absolute atomic E-state index is 0.0409. The maximum atomic E-state index is 12.1. The normalized spacial score (nSPS) is 21.1. The number of nitrogens with one attached hydrogen (secondary N) is 1. The summed E-state index contributed by atoms with van der Waals surface area (Å²) in [4.78, 5) is 16.4. The van der Waals surface area contributed by atoms with Gasteiger partial charge in [-0.3, -0.25) is 4.79 Å². The molecule has 0 bridgehead atoms. The summed E-state index contributed by atoms with van der Waals surface area (Å²) >= 11 is 1.57. The van der Waals surface area contributed by atoms with Crippen molar-refractivity contribution in [1.29, 1.82) is 0 Å². The molecule has 1 aliphatic rings. The minimum Gasteiger partial charge on any atom is -0.326 e. The third kappa shape index (κ3) is 2.69. The quantitative estimate of drug-likeness (QED) is 0.920. The van der Waals surface area contributed by atoms with E-state index in [0.29, 0.717) is 12.1 Å². The highest BCUT2D eigenvalue weighted by molar-refractivity contribution is 7.91. The fourth-order valence-corrected chi connectivity index (χ4v) is 4.97. The van der Waals surface area contributed by atoms with Crippen LogP contribution in [0.3, 0.4) is 0 Å². The molecule has 1 aliphatic heterocycles. The average Bonchev–Trinajstić information content (AvgIpc) is 2.90. The SMILES string of the molecule is Cc1nc2ccc(NC(=O)[C@H]3CCS(=O)(=O)C3)cc2s1. The molecule has 106 valence electrons. The highest BCUT2D eigenvalue weighted by Gasteiger charge is 2.32. The van der Waals surface area contributed by atoms with Gasteiger partial charge in [0.2, 0.25) is 5.91 Å². The van der Waals surface area contributed by atoms with Gasteiger partial charge in [0.15, 0.2) is 9.84 Å². The van der Waals surface area contributed by atoms with E-state index in [4.69, 9.17) is 0 Å². The molecule has 1 N–H and O–H groups in total. The van der Waals surface area contributed by atoms with E-state index in [9.17, 15) is 13.2 Å². The molecule has 1 fully saturated rings. The van der Waals surface area contributed by atoms with Crippen LogP contribution >= 0.6 is 11.3 Å². The molecule has 0 unspecified atom stereocenters. The summed E-state index contributed by atoms with van der Waals surface area (Å²) in [6.45, 7) is 1.94. The van der Waals surface area contributed by atoms with Gasteiger partial charge >= 0.3 is 0 Å². The van der Waals surface area contributed by atoms with E-state index in [1.807, 2.05) is 19.1 Å². The smallest absolute Gasteiger partial charge is 0.228 e. The second-order valence-corrected chi connectivity index (χ2v) is 8.47. The van der Waals surface area contributed by atoms with Gasteiger partial charge in [0.05, 0.1) is 32.6 Å². The Hall–Kier alpha value is -1.47. The van der Waals surface area contributed by atoms with E-state index in [1.165, 1.54) is 0 Å². The van der Waals surface area contributed by atoms with E-state index in [0.717, 1.165) is 15.2 Å². The summed E-state index contributed by atoms with van der Waals surface area (Å²) in [5.41, 5.74) is 1.60. The Morgan fingerprint density at radius 1 is 1.45 bits per heavy atom. The zero-order chi connectivity index (χ0) is 14.3. The number of carbonyl (C=O) groups is 1. The predicted octanol–water partition coefficient (Wildman–Crippen LogP) is 1.98. The lowest BCUT2D eigenvalue weighted by atomic mass is 10.1. The number of hydrogen-bond donors (Lipinski definition) is 1. The Morgan fingerprint density at radius 3 is 2.95 bits per heavy atom. The second-order valence-electron chi connectivity index (χ2n) is 5.00. The highest BCUT2D eigenvalue weighted by atomic mass is 32.2. The Kier molecular flexibility index (Phi) is 3.25. The van der Waals surface area contributed by atoms with Crippen molar-refractivity contribution in [2.45, 2.75) is 13.3 Å². The average molecular weight is 310 g/mol. The highest BCUT2D eigenvalue weighted by Crippen LogP contribution is 2.26. The lowest BCUT2D eigenvalue weighted by Crippen LogP contribution is -2.23. The van der Waals surface area contributed by atoms with Crippen molar-refractivity contribution in [3.63, 3.8) is 0 Å². The number of anilines is 1. The van der Waals surface area contributed by atoms with Crippen LogP contribution in [0, 0.1) is 12.8 Å². The summed E-state index contributed by atoms with van der Waals surface area (Å²) in [5, 5.41) is 3.78. The molecule has 0 radical (unpaired) electrons. The molecule has 1 aromatic carbocycles. The molecule has 1 atom stereocenters. The summed E-state index contributed by atoms with van der Waals surface area (Å²) in [7, 11) is -3.03. The maximum Gasteiger partial charge on any atom is 0.228 e. The Bertz CT molecular complexity index is 780. The van der Waals surface area contributed by atoms with Crippen LogP contribution in [-0.4, -0.2) is 30.8 Å². The number of amides is 1. The van der Waals surface area contributed by atoms with Gasteiger partial charge in [-0.05, 0) is 31.5 Å². The maximum absolute atomic E-state index is 12.1. The van der Waals surface area contributed by atoms with Crippen LogP contribution in [0.15, 0.2) is 18.2 Å². The van der Waals surface area contributed by atoms with Gasteiger partial charge < -0.3 is 5.32 Å². The van der Waals surface area contributed by atoms with Gasteiger partial charge in [0.25, 0.3) is 0 Å². The van der Waals surface area contributed by atoms with Crippen LogP contribution in [0.2, 0.25) is 0 Å². The fourth-order valence-electron chi connectivity index (χ4n) is 2.36. The van der Waals surface area contributed by atoms with Crippen LogP contribution in [0.5, 0.6) is 0 Å². The number of carbonyl (C=O) groups excluding carboxylic acids is 1. The van der Waals surface area contributed by atoms with E-state index in [1.54, 1.807) is 17.4 Å². The molecule has 0 aliphatic carbocycles. The number of fused-ring (bicyclic) bond motifs is 1. The standard InChI is InChI=1S/C13H14N2O3S2/c1-8-14-11-3-2-10(6-12(11)19-8)15-13(16)9-4-5-20(17,18)7-9/h2-3,6,9H,4-5,7H2,1H3,(H,15,16)/t9-/m0/s1. The van der Waals surface area contributed by atoms with Crippen molar-refractivity contribution in [3.05, 3.63) is 23.2 Å². The summed E-state index contributed by atoms with van der Waals surface area (Å²) in [5.74, 6) is -0.579. The number of hydrogen-bond acceptors (Lipinski definition) is 5. The van der Waals surface area contributed by atoms with E-state index in [-0.39, 0.29) is 17.4 Å². The van der Waals surface area contributed by atoms with Gasteiger partial charge in [-0.15, -0.1) is 11.3 Å². The molecule has 1 amide bonds. The van der Waals surface area contributed by atoms with Crippen LogP contribution in [0.1, 0.15) is 11.4 Å². The summed E-state index contributed by atoms with van der Waals surface area (Å²) < 4.78 is 23.8. The summed E-state index contributed by atoms with van der Waals surface area (Å²) in [6, 6.07) is 5.53. The van der Waals surface area contributed by atoms with Gasteiger partial charge in [-0.1, -0.05) is 0 Å². The number of nitrogens with zero attached hydrogens (tertiary/aromatic N) is 1. The Morgan fingerprint density at radius 2 is 2.25 bits per heavy atom. The molecule has 20 heavy (non-hydrogen) atoms. The lowest BCUT2D eigenvalue weighted by molar-refractivity contribution is -0.119. The van der Waals surface area contributed by atoms with Crippen LogP contribution in [0.25, 0.3) is 10.2 Å². The first kappa shape index (κ1) is 13.5.